The lowest BCUT2D eigenvalue weighted by molar-refractivity contribution is 0.207. The van der Waals surface area contributed by atoms with Gasteiger partial charge in [0, 0.05) is 48.8 Å². The van der Waals surface area contributed by atoms with E-state index in [4.69, 9.17) is 10.5 Å². The number of benzene rings is 1. The maximum Gasteiger partial charge on any atom is 0.121 e. The molecule has 128 valence electrons. The standard InChI is InChI=1S/C20H27N3O/c1-14(2)10-20(3,21)13-24-16-5-6-18-17-7-8-22-11-15(17)12-23(4)19(18)9-16/h5-9,11,14H,10,12-13,21H2,1-4H3. The normalized spacial score (nSPS) is 15.7. The third kappa shape index (κ3) is 3.54. The van der Waals surface area contributed by atoms with E-state index in [-0.39, 0.29) is 5.54 Å². The molecule has 0 fully saturated rings. The van der Waals surface area contributed by atoms with Gasteiger partial charge in [0.2, 0.25) is 0 Å². The fourth-order valence-corrected chi connectivity index (χ4v) is 3.54. The Labute approximate surface area is 144 Å². The molecule has 0 spiro atoms. The fraction of sp³-hybridized carbons (Fsp3) is 0.450. The summed E-state index contributed by atoms with van der Waals surface area (Å²) in [5.41, 5.74) is 11.0. The Bertz CT molecular complexity index is 725. The molecule has 2 aromatic rings. The summed E-state index contributed by atoms with van der Waals surface area (Å²) in [5, 5.41) is 0. The average Bonchev–Trinajstić information content (AvgIpc) is 2.52. The molecule has 0 saturated heterocycles. The van der Waals surface area contributed by atoms with Crippen molar-refractivity contribution in [1.29, 1.82) is 0 Å². The van der Waals surface area contributed by atoms with E-state index >= 15 is 0 Å². The van der Waals surface area contributed by atoms with Crippen molar-refractivity contribution in [2.45, 2.75) is 39.3 Å². The molecule has 1 aromatic heterocycles. The molecule has 3 rings (SSSR count). The highest BCUT2D eigenvalue weighted by Gasteiger charge is 2.23. The molecule has 24 heavy (non-hydrogen) atoms. The van der Waals surface area contributed by atoms with Gasteiger partial charge in [0.15, 0.2) is 0 Å². The minimum absolute atomic E-state index is 0.311. The van der Waals surface area contributed by atoms with Crippen LogP contribution in [-0.2, 0) is 6.54 Å². The second kappa shape index (κ2) is 6.44. The SMILES string of the molecule is CC(C)CC(C)(N)COc1ccc2c(c1)N(C)Cc1cnccc1-2. The van der Waals surface area contributed by atoms with Crippen LogP contribution in [0.4, 0.5) is 5.69 Å². The second-order valence-electron chi connectivity index (χ2n) is 7.61. The second-order valence-corrected chi connectivity index (χ2v) is 7.61. The van der Waals surface area contributed by atoms with Crippen LogP contribution in [0.15, 0.2) is 36.7 Å². The van der Waals surface area contributed by atoms with Crippen LogP contribution >= 0.6 is 0 Å². The lowest BCUT2D eigenvalue weighted by Crippen LogP contribution is -2.43. The van der Waals surface area contributed by atoms with Crippen molar-refractivity contribution in [3.05, 3.63) is 42.2 Å². The van der Waals surface area contributed by atoms with Crippen LogP contribution in [-0.4, -0.2) is 24.2 Å². The summed E-state index contributed by atoms with van der Waals surface area (Å²) >= 11 is 0. The van der Waals surface area contributed by atoms with Gasteiger partial charge in [-0.1, -0.05) is 13.8 Å². The predicted octanol–water partition coefficient (Wildman–Crippen LogP) is 3.84. The number of hydrogen-bond donors (Lipinski definition) is 1. The maximum atomic E-state index is 6.35. The van der Waals surface area contributed by atoms with Gasteiger partial charge in [-0.2, -0.15) is 0 Å². The number of aromatic nitrogens is 1. The Morgan fingerprint density at radius 3 is 2.83 bits per heavy atom. The zero-order chi connectivity index (χ0) is 17.3. The molecule has 2 N–H and O–H groups in total. The minimum Gasteiger partial charge on any atom is -0.492 e. The molecule has 2 heterocycles. The minimum atomic E-state index is -0.311. The first-order valence-corrected chi connectivity index (χ1v) is 8.56. The molecule has 1 aromatic carbocycles. The van der Waals surface area contributed by atoms with E-state index < -0.39 is 0 Å². The first kappa shape index (κ1) is 16.8. The van der Waals surface area contributed by atoms with Crippen LogP contribution in [0.5, 0.6) is 5.75 Å². The summed E-state index contributed by atoms with van der Waals surface area (Å²) in [6.07, 6.45) is 4.74. The third-order valence-corrected chi connectivity index (χ3v) is 4.42. The van der Waals surface area contributed by atoms with Crippen molar-refractivity contribution >= 4 is 5.69 Å². The number of anilines is 1. The predicted molar refractivity (Wildman–Crippen MR) is 99.3 cm³/mol. The number of ether oxygens (including phenoxy) is 1. The Balaban J connectivity index is 1.81. The summed E-state index contributed by atoms with van der Waals surface area (Å²) in [6, 6.07) is 8.37. The molecule has 1 unspecified atom stereocenters. The molecule has 0 saturated carbocycles. The number of nitrogens with zero attached hydrogens (tertiary/aromatic N) is 2. The van der Waals surface area contributed by atoms with Crippen molar-refractivity contribution in [2.75, 3.05) is 18.6 Å². The van der Waals surface area contributed by atoms with Crippen LogP contribution < -0.4 is 15.4 Å². The van der Waals surface area contributed by atoms with Crippen molar-refractivity contribution in [2.24, 2.45) is 11.7 Å². The van der Waals surface area contributed by atoms with Gasteiger partial charge < -0.3 is 15.4 Å². The van der Waals surface area contributed by atoms with Crippen molar-refractivity contribution in [1.82, 2.24) is 4.98 Å². The molecule has 0 amide bonds. The molecule has 4 nitrogen and oxygen atoms in total. The molecular weight excluding hydrogens is 298 g/mol. The van der Waals surface area contributed by atoms with Gasteiger partial charge in [-0.3, -0.25) is 4.98 Å². The van der Waals surface area contributed by atoms with Crippen LogP contribution in [0.2, 0.25) is 0 Å². The third-order valence-electron chi connectivity index (χ3n) is 4.42. The Kier molecular flexibility index (Phi) is 4.50. The Morgan fingerprint density at radius 2 is 2.08 bits per heavy atom. The van der Waals surface area contributed by atoms with Crippen LogP contribution in [0.3, 0.4) is 0 Å². The highest BCUT2D eigenvalue weighted by atomic mass is 16.5. The van der Waals surface area contributed by atoms with E-state index in [0.717, 1.165) is 18.7 Å². The first-order valence-electron chi connectivity index (χ1n) is 8.56. The van der Waals surface area contributed by atoms with Gasteiger partial charge in [0.05, 0.1) is 0 Å². The fourth-order valence-electron chi connectivity index (χ4n) is 3.54. The molecule has 1 atom stereocenters. The van der Waals surface area contributed by atoms with Gasteiger partial charge in [0.1, 0.15) is 12.4 Å². The number of rotatable bonds is 5. The van der Waals surface area contributed by atoms with E-state index in [2.05, 4.69) is 55.9 Å². The van der Waals surface area contributed by atoms with Crippen LogP contribution in [0.1, 0.15) is 32.8 Å². The number of hydrogen-bond acceptors (Lipinski definition) is 4. The number of pyridine rings is 1. The summed E-state index contributed by atoms with van der Waals surface area (Å²) in [4.78, 5) is 6.48. The Hall–Kier alpha value is -2.07. The lowest BCUT2D eigenvalue weighted by atomic mass is 9.92. The molecule has 4 heteroatoms. The van der Waals surface area contributed by atoms with E-state index in [0.29, 0.717) is 12.5 Å². The van der Waals surface area contributed by atoms with Crippen molar-refractivity contribution < 1.29 is 4.74 Å². The molecule has 0 aliphatic carbocycles. The van der Waals surface area contributed by atoms with Crippen molar-refractivity contribution in [3.8, 4) is 16.9 Å². The van der Waals surface area contributed by atoms with Gasteiger partial charge in [-0.25, -0.2) is 0 Å². The largest absolute Gasteiger partial charge is 0.492 e. The van der Waals surface area contributed by atoms with Gasteiger partial charge in [-0.05, 0) is 48.6 Å². The zero-order valence-electron chi connectivity index (χ0n) is 15.0. The molecule has 1 aliphatic heterocycles. The molecular formula is C20H27N3O. The molecule has 0 bridgehead atoms. The molecule has 1 aliphatic rings. The quantitative estimate of drug-likeness (QED) is 0.907. The van der Waals surface area contributed by atoms with Gasteiger partial charge >= 0.3 is 0 Å². The summed E-state index contributed by atoms with van der Waals surface area (Å²) < 4.78 is 6.01. The van der Waals surface area contributed by atoms with E-state index in [1.54, 1.807) is 0 Å². The summed E-state index contributed by atoms with van der Waals surface area (Å²) in [5.74, 6) is 1.43. The maximum absolute atomic E-state index is 6.35. The monoisotopic (exact) mass is 325 g/mol. The topological polar surface area (TPSA) is 51.4 Å². The van der Waals surface area contributed by atoms with Crippen LogP contribution in [0.25, 0.3) is 11.1 Å². The summed E-state index contributed by atoms with van der Waals surface area (Å²) in [7, 11) is 2.10. The number of fused-ring (bicyclic) bond motifs is 3. The first-order chi connectivity index (χ1) is 11.4. The highest BCUT2D eigenvalue weighted by molar-refractivity contribution is 5.84. The van der Waals surface area contributed by atoms with E-state index in [1.807, 2.05) is 18.5 Å². The lowest BCUT2D eigenvalue weighted by Gasteiger charge is -2.30. The molecule has 0 radical (unpaired) electrons. The van der Waals surface area contributed by atoms with Gasteiger partial charge in [0.25, 0.3) is 0 Å². The van der Waals surface area contributed by atoms with Gasteiger partial charge in [-0.15, -0.1) is 0 Å². The van der Waals surface area contributed by atoms with Crippen LogP contribution in [0, 0.1) is 5.92 Å². The Morgan fingerprint density at radius 1 is 1.29 bits per heavy atom. The smallest absolute Gasteiger partial charge is 0.121 e. The highest BCUT2D eigenvalue weighted by Crippen LogP contribution is 2.39. The van der Waals surface area contributed by atoms with E-state index in [1.165, 1.54) is 22.4 Å². The summed E-state index contributed by atoms with van der Waals surface area (Å²) in [6.45, 7) is 7.81. The van der Waals surface area contributed by atoms with E-state index in [9.17, 15) is 0 Å². The van der Waals surface area contributed by atoms with Crippen molar-refractivity contribution in [3.63, 3.8) is 0 Å². The zero-order valence-corrected chi connectivity index (χ0v) is 15.0. The number of nitrogens with two attached hydrogens (primary N) is 1. The average molecular weight is 325 g/mol.